The van der Waals surface area contributed by atoms with E-state index >= 15 is 0 Å². The van der Waals surface area contributed by atoms with Gasteiger partial charge in [0.25, 0.3) is 5.91 Å². The fourth-order valence-corrected chi connectivity index (χ4v) is 2.93. The van der Waals surface area contributed by atoms with E-state index in [0.717, 1.165) is 23.6 Å². The SMILES string of the molecule is Cc1cccc(CCC2=N/C(=C/c3cccs3)C(=O)N2)c1. The van der Waals surface area contributed by atoms with Gasteiger partial charge in [0.05, 0.1) is 0 Å². The maximum absolute atomic E-state index is 11.9. The van der Waals surface area contributed by atoms with Gasteiger partial charge in [-0.2, -0.15) is 0 Å². The molecule has 0 fully saturated rings. The molecule has 0 atom stereocenters. The van der Waals surface area contributed by atoms with Gasteiger partial charge in [0.1, 0.15) is 11.5 Å². The van der Waals surface area contributed by atoms with Crippen LogP contribution < -0.4 is 5.32 Å². The molecule has 0 bridgehead atoms. The molecule has 0 aliphatic carbocycles. The van der Waals surface area contributed by atoms with Crippen molar-refractivity contribution in [2.45, 2.75) is 19.8 Å². The zero-order chi connectivity index (χ0) is 14.7. The predicted molar refractivity (Wildman–Crippen MR) is 87.4 cm³/mol. The lowest BCUT2D eigenvalue weighted by Crippen LogP contribution is -2.24. The number of hydrogen-bond donors (Lipinski definition) is 1. The van der Waals surface area contributed by atoms with Crippen molar-refractivity contribution in [3.63, 3.8) is 0 Å². The first-order valence-electron chi connectivity index (χ1n) is 6.90. The fraction of sp³-hybridized carbons (Fsp3) is 0.176. The summed E-state index contributed by atoms with van der Waals surface area (Å²) in [7, 11) is 0. The Bertz CT molecular complexity index is 714. The number of benzene rings is 1. The van der Waals surface area contributed by atoms with Crippen LogP contribution in [-0.4, -0.2) is 11.7 Å². The summed E-state index contributed by atoms with van der Waals surface area (Å²) in [5.74, 6) is 0.645. The van der Waals surface area contributed by atoms with E-state index < -0.39 is 0 Å². The molecule has 3 rings (SSSR count). The van der Waals surface area contributed by atoms with E-state index in [1.165, 1.54) is 11.1 Å². The number of carbonyl (C=O) groups excluding carboxylic acids is 1. The van der Waals surface area contributed by atoms with Crippen LogP contribution in [0.3, 0.4) is 0 Å². The minimum absolute atomic E-state index is 0.109. The third-order valence-electron chi connectivity index (χ3n) is 3.30. The first-order chi connectivity index (χ1) is 10.2. The quantitative estimate of drug-likeness (QED) is 0.861. The van der Waals surface area contributed by atoms with Gasteiger partial charge in [0, 0.05) is 11.3 Å². The second-order valence-electron chi connectivity index (χ2n) is 5.05. The third kappa shape index (κ3) is 3.47. The van der Waals surface area contributed by atoms with Crippen molar-refractivity contribution in [3.8, 4) is 0 Å². The standard InChI is InChI=1S/C17H16N2OS/c1-12-4-2-5-13(10-12)7-8-16-18-15(17(20)19-16)11-14-6-3-9-21-14/h2-6,9-11H,7-8H2,1H3,(H,18,19,20)/b15-11+. The molecule has 2 heterocycles. The molecule has 1 aliphatic rings. The summed E-state index contributed by atoms with van der Waals surface area (Å²) in [5.41, 5.74) is 3.02. The molecule has 106 valence electrons. The van der Waals surface area contributed by atoms with Crippen molar-refractivity contribution in [1.29, 1.82) is 0 Å². The Morgan fingerprint density at radius 1 is 1.24 bits per heavy atom. The zero-order valence-electron chi connectivity index (χ0n) is 11.8. The third-order valence-corrected chi connectivity index (χ3v) is 4.12. The largest absolute Gasteiger partial charge is 0.309 e. The van der Waals surface area contributed by atoms with Gasteiger partial charge in [-0.1, -0.05) is 35.9 Å². The minimum atomic E-state index is -0.109. The van der Waals surface area contributed by atoms with E-state index in [4.69, 9.17) is 0 Å². The second kappa shape index (κ2) is 6.06. The number of carbonyl (C=O) groups is 1. The molecule has 0 saturated heterocycles. The van der Waals surface area contributed by atoms with Gasteiger partial charge < -0.3 is 5.32 Å². The van der Waals surface area contributed by atoms with Gasteiger partial charge in [0.2, 0.25) is 0 Å². The number of amides is 1. The molecule has 0 saturated carbocycles. The highest BCUT2D eigenvalue weighted by atomic mass is 32.1. The summed E-state index contributed by atoms with van der Waals surface area (Å²) >= 11 is 1.60. The summed E-state index contributed by atoms with van der Waals surface area (Å²) in [6.07, 6.45) is 3.46. The van der Waals surface area contributed by atoms with Crippen LogP contribution in [0.4, 0.5) is 0 Å². The van der Waals surface area contributed by atoms with Crippen molar-refractivity contribution in [3.05, 3.63) is 63.5 Å². The number of thiophene rings is 1. The van der Waals surface area contributed by atoms with Crippen molar-refractivity contribution in [2.24, 2.45) is 4.99 Å². The van der Waals surface area contributed by atoms with E-state index in [-0.39, 0.29) is 5.91 Å². The highest BCUT2D eigenvalue weighted by Crippen LogP contribution is 2.17. The van der Waals surface area contributed by atoms with Gasteiger partial charge in [-0.25, -0.2) is 4.99 Å². The molecule has 1 aromatic heterocycles. The highest BCUT2D eigenvalue weighted by molar-refractivity contribution is 7.10. The van der Waals surface area contributed by atoms with Crippen LogP contribution in [0.2, 0.25) is 0 Å². The second-order valence-corrected chi connectivity index (χ2v) is 6.03. The summed E-state index contributed by atoms with van der Waals surface area (Å²) in [5, 5.41) is 4.84. The average molecular weight is 296 g/mol. The molecule has 1 amide bonds. The van der Waals surface area contributed by atoms with Gasteiger partial charge in [-0.05, 0) is 36.4 Å². The van der Waals surface area contributed by atoms with E-state index in [9.17, 15) is 4.79 Å². The molecule has 0 unspecified atom stereocenters. The van der Waals surface area contributed by atoms with Gasteiger partial charge in [0.15, 0.2) is 0 Å². The van der Waals surface area contributed by atoms with Crippen molar-refractivity contribution in [1.82, 2.24) is 5.32 Å². The first-order valence-corrected chi connectivity index (χ1v) is 7.78. The number of aliphatic imine (C=N–C) groups is 1. The number of amidine groups is 1. The molecule has 1 N–H and O–H groups in total. The highest BCUT2D eigenvalue weighted by Gasteiger charge is 2.19. The summed E-state index contributed by atoms with van der Waals surface area (Å²) in [4.78, 5) is 17.3. The molecular weight excluding hydrogens is 280 g/mol. The predicted octanol–water partition coefficient (Wildman–Crippen LogP) is 3.56. The summed E-state index contributed by atoms with van der Waals surface area (Å²) < 4.78 is 0. The Labute approximate surface area is 128 Å². The first kappa shape index (κ1) is 13.8. The number of rotatable bonds is 4. The Morgan fingerprint density at radius 2 is 2.14 bits per heavy atom. The number of hydrogen-bond acceptors (Lipinski definition) is 3. The van der Waals surface area contributed by atoms with Crippen LogP contribution in [-0.2, 0) is 11.2 Å². The lowest BCUT2D eigenvalue weighted by atomic mass is 10.1. The molecular formula is C17H16N2OS. The average Bonchev–Trinajstić information content (AvgIpc) is 3.08. The number of nitrogens with one attached hydrogen (secondary N) is 1. The van der Waals surface area contributed by atoms with E-state index in [0.29, 0.717) is 5.70 Å². The topological polar surface area (TPSA) is 41.5 Å². The van der Waals surface area contributed by atoms with Crippen LogP contribution in [0.1, 0.15) is 22.4 Å². The van der Waals surface area contributed by atoms with Crippen LogP contribution >= 0.6 is 11.3 Å². The minimum Gasteiger partial charge on any atom is -0.309 e. The van der Waals surface area contributed by atoms with Gasteiger partial charge in [-0.15, -0.1) is 11.3 Å². The molecule has 3 nitrogen and oxygen atoms in total. The molecule has 0 radical (unpaired) electrons. The van der Waals surface area contributed by atoms with E-state index in [2.05, 4.69) is 41.5 Å². The van der Waals surface area contributed by atoms with Crippen LogP contribution in [0.15, 0.2) is 52.5 Å². The van der Waals surface area contributed by atoms with Crippen molar-refractivity contribution >= 4 is 29.2 Å². The monoisotopic (exact) mass is 296 g/mol. The zero-order valence-corrected chi connectivity index (χ0v) is 12.6. The van der Waals surface area contributed by atoms with Crippen molar-refractivity contribution in [2.75, 3.05) is 0 Å². The Hall–Kier alpha value is -2.20. The number of aryl methyl sites for hydroxylation is 2. The lowest BCUT2D eigenvalue weighted by Gasteiger charge is -2.02. The molecule has 4 heteroatoms. The Balaban J connectivity index is 1.68. The van der Waals surface area contributed by atoms with E-state index in [1.54, 1.807) is 11.3 Å². The summed E-state index contributed by atoms with van der Waals surface area (Å²) in [6, 6.07) is 12.4. The fourth-order valence-electron chi connectivity index (χ4n) is 2.27. The number of nitrogens with zero attached hydrogens (tertiary/aromatic N) is 1. The van der Waals surface area contributed by atoms with Gasteiger partial charge >= 0.3 is 0 Å². The maximum atomic E-state index is 11.9. The molecule has 1 aliphatic heterocycles. The normalized spacial score (nSPS) is 16.1. The molecule has 21 heavy (non-hydrogen) atoms. The summed E-state index contributed by atoms with van der Waals surface area (Å²) in [6.45, 7) is 2.08. The Morgan fingerprint density at radius 3 is 2.90 bits per heavy atom. The lowest BCUT2D eigenvalue weighted by molar-refractivity contribution is -0.115. The van der Waals surface area contributed by atoms with E-state index in [1.807, 2.05) is 23.6 Å². The van der Waals surface area contributed by atoms with Crippen LogP contribution in [0, 0.1) is 6.92 Å². The Kier molecular flexibility index (Phi) is 3.97. The van der Waals surface area contributed by atoms with Crippen molar-refractivity contribution < 1.29 is 4.79 Å². The van der Waals surface area contributed by atoms with Crippen LogP contribution in [0.25, 0.3) is 6.08 Å². The van der Waals surface area contributed by atoms with Crippen LogP contribution in [0.5, 0.6) is 0 Å². The van der Waals surface area contributed by atoms with Gasteiger partial charge in [-0.3, -0.25) is 4.79 Å². The maximum Gasteiger partial charge on any atom is 0.275 e. The smallest absolute Gasteiger partial charge is 0.275 e. The molecule has 0 spiro atoms. The molecule has 2 aromatic rings. The molecule has 1 aromatic carbocycles.